The van der Waals surface area contributed by atoms with E-state index in [-0.39, 0.29) is 38.6 Å². The van der Waals surface area contributed by atoms with E-state index in [1.807, 2.05) is 0 Å². The summed E-state index contributed by atoms with van der Waals surface area (Å²) in [5, 5.41) is 0. The lowest BCUT2D eigenvalue weighted by Crippen LogP contribution is -2.29. The molecule has 9 nitrogen and oxygen atoms in total. The Morgan fingerprint density at radius 2 is 0.688 bits per heavy atom. The molecule has 470 valence electrons. The number of phosphoric ester groups is 1. The highest BCUT2D eigenvalue weighted by molar-refractivity contribution is 7.47. The summed E-state index contributed by atoms with van der Waals surface area (Å²) in [7, 11) is -4.39. The standard InChI is InChI=1S/C70H132NO8P/c1-3-5-7-9-11-13-15-17-19-21-23-25-27-29-31-33-35-36-38-40-42-44-46-48-50-52-54-56-58-60-62-69(72)76-66-68(67-78-80(74,75)77-65-64-71)79-70(73)63-61-59-57-55-53-51-49-47-45-43-41-39-37-34-32-30-28-26-24-22-20-18-16-14-12-10-8-6-4-2/h6,8,12,14,18,20,24,26,68H,3-5,7,9-11,13,15-17,19,21-23,25,27-67,71H2,1-2H3,(H,74,75)/b8-6-,14-12-,20-18-,26-24-. The van der Waals surface area contributed by atoms with Crippen molar-refractivity contribution in [2.45, 2.75) is 360 Å². The fourth-order valence-corrected chi connectivity index (χ4v) is 11.2. The number of hydrogen-bond acceptors (Lipinski definition) is 8. The molecule has 0 aliphatic rings. The predicted molar refractivity (Wildman–Crippen MR) is 344 cm³/mol. The van der Waals surface area contributed by atoms with Crippen LogP contribution in [-0.2, 0) is 32.7 Å². The van der Waals surface area contributed by atoms with Crippen LogP contribution in [0.15, 0.2) is 48.6 Å². The summed E-state index contributed by atoms with van der Waals surface area (Å²) in [5.41, 5.74) is 5.40. The molecule has 0 heterocycles. The lowest BCUT2D eigenvalue weighted by molar-refractivity contribution is -0.161. The smallest absolute Gasteiger partial charge is 0.462 e. The first-order valence-electron chi connectivity index (χ1n) is 34.6. The highest BCUT2D eigenvalue weighted by Crippen LogP contribution is 2.43. The molecule has 80 heavy (non-hydrogen) atoms. The number of esters is 2. The fourth-order valence-electron chi connectivity index (χ4n) is 10.4. The number of ether oxygens (including phenoxy) is 2. The highest BCUT2D eigenvalue weighted by Gasteiger charge is 2.26. The molecule has 0 saturated carbocycles. The Morgan fingerprint density at radius 1 is 0.388 bits per heavy atom. The zero-order chi connectivity index (χ0) is 58.0. The Labute approximate surface area is 496 Å². The minimum Gasteiger partial charge on any atom is -0.462 e. The van der Waals surface area contributed by atoms with E-state index in [2.05, 4.69) is 62.5 Å². The number of nitrogens with two attached hydrogens (primary N) is 1. The van der Waals surface area contributed by atoms with Crippen LogP contribution in [0.5, 0.6) is 0 Å². The second kappa shape index (κ2) is 66.1. The first-order valence-corrected chi connectivity index (χ1v) is 36.1. The van der Waals surface area contributed by atoms with Gasteiger partial charge in [-0.25, -0.2) is 4.57 Å². The Bertz CT molecular complexity index is 1450. The van der Waals surface area contributed by atoms with E-state index in [0.717, 1.165) is 64.2 Å². The van der Waals surface area contributed by atoms with Crippen molar-refractivity contribution in [1.29, 1.82) is 0 Å². The van der Waals surface area contributed by atoms with Crippen molar-refractivity contribution in [3.8, 4) is 0 Å². The Morgan fingerprint density at radius 3 is 1.02 bits per heavy atom. The number of phosphoric acid groups is 1. The van der Waals surface area contributed by atoms with Gasteiger partial charge in [0.05, 0.1) is 13.2 Å². The van der Waals surface area contributed by atoms with E-state index in [1.165, 1.54) is 257 Å². The average molecular weight is 1150 g/mol. The number of hydrogen-bond donors (Lipinski definition) is 2. The molecule has 0 radical (unpaired) electrons. The zero-order valence-electron chi connectivity index (χ0n) is 52.8. The largest absolute Gasteiger partial charge is 0.472 e. The van der Waals surface area contributed by atoms with Crippen molar-refractivity contribution in [2.24, 2.45) is 5.73 Å². The molecule has 0 spiro atoms. The molecule has 0 rings (SSSR count). The summed E-state index contributed by atoms with van der Waals surface area (Å²) in [6.45, 7) is 3.70. The van der Waals surface area contributed by atoms with E-state index >= 15 is 0 Å². The lowest BCUT2D eigenvalue weighted by atomic mass is 10.0. The van der Waals surface area contributed by atoms with E-state index in [9.17, 15) is 19.0 Å². The highest BCUT2D eigenvalue weighted by atomic mass is 31.2. The van der Waals surface area contributed by atoms with E-state index in [0.29, 0.717) is 6.42 Å². The zero-order valence-corrected chi connectivity index (χ0v) is 53.7. The third-order valence-corrected chi connectivity index (χ3v) is 16.5. The average Bonchev–Trinajstić information content (AvgIpc) is 3.45. The third kappa shape index (κ3) is 65.1. The predicted octanol–water partition coefficient (Wildman–Crippen LogP) is 22.5. The SMILES string of the molecule is CC/C=C\C/C=C\C/C=C\C/C=C\CCCCCCCCCCCCCCCCCCC(=O)OC(COC(=O)CCCCCCCCCCCCCCCCCCCCCCCCCCCCCCCC)COP(=O)(O)OCCN. The first-order chi connectivity index (χ1) is 39.3. The number of carbonyl (C=O) groups is 2. The summed E-state index contributed by atoms with van der Waals surface area (Å²) >= 11 is 0. The molecule has 0 aromatic rings. The van der Waals surface area contributed by atoms with Crippen LogP contribution in [0.2, 0.25) is 0 Å². The quantitative estimate of drug-likeness (QED) is 0.0264. The normalized spacial score (nSPS) is 13.2. The molecule has 0 aromatic carbocycles. The molecule has 0 aliphatic carbocycles. The maximum absolute atomic E-state index is 12.8. The molecule has 10 heteroatoms. The molecule has 0 bridgehead atoms. The number of rotatable bonds is 66. The summed E-state index contributed by atoms with van der Waals surface area (Å²) in [6, 6.07) is 0. The molecular formula is C70H132NO8P. The van der Waals surface area contributed by atoms with Gasteiger partial charge in [-0.2, -0.15) is 0 Å². The molecule has 2 atom stereocenters. The minimum absolute atomic E-state index is 0.0551. The molecular weight excluding hydrogens is 1010 g/mol. The molecule has 0 aromatic heterocycles. The molecule has 0 fully saturated rings. The van der Waals surface area contributed by atoms with Gasteiger partial charge in [0.25, 0.3) is 0 Å². The van der Waals surface area contributed by atoms with Gasteiger partial charge in [0.15, 0.2) is 6.10 Å². The number of unbranched alkanes of at least 4 members (excludes halogenated alkanes) is 45. The van der Waals surface area contributed by atoms with Gasteiger partial charge in [-0.1, -0.05) is 339 Å². The van der Waals surface area contributed by atoms with Crippen molar-refractivity contribution >= 4 is 19.8 Å². The third-order valence-electron chi connectivity index (χ3n) is 15.5. The van der Waals surface area contributed by atoms with Gasteiger partial charge in [-0.05, 0) is 51.4 Å². The molecule has 2 unspecified atom stereocenters. The van der Waals surface area contributed by atoms with Crippen LogP contribution in [0, 0.1) is 0 Å². The second-order valence-electron chi connectivity index (χ2n) is 23.4. The Hall–Kier alpha value is -2.03. The minimum atomic E-state index is -4.39. The van der Waals surface area contributed by atoms with Crippen LogP contribution in [0.3, 0.4) is 0 Å². The molecule has 3 N–H and O–H groups in total. The monoisotopic (exact) mass is 1150 g/mol. The van der Waals surface area contributed by atoms with Crippen LogP contribution in [0.4, 0.5) is 0 Å². The van der Waals surface area contributed by atoms with Gasteiger partial charge in [0.1, 0.15) is 6.61 Å². The number of allylic oxidation sites excluding steroid dienone is 8. The Balaban J connectivity index is 3.83. The topological polar surface area (TPSA) is 134 Å². The maximum Gasteiger partial charge on any atom is 0.472 e. The number of carbonyl (C=O) groups excluding carboxylic acids is 2. The first kappa shape index (κ1) is 78.0. The maximum atomic E-state index is 12.8. The van der Waals surface area contributed by atoms with Gasteiger partial charge >= 0.3 is 19.8 Å². The van der Waals surface area contributed by atoms with Gasteiger partial charge in [0, 0.05) is 19.4 Å². The molecule has 0 aliphatic heterocycles. The van der Waals surface area contributed by atoms with Gasteiger partial charge in [-0.15, -0.1) is 0 Å². The van der Waals surface area contributed by atoms with E-state index in [4.69, 9.17) is 24.3 Å². The lowest BCUT2D eigenvalue weighted by Gasteiger charge is -2.19. The summed E-state index contributed by atoms with van der Waals surface area (Å²) in [6.07, 6.45) is 83.5. The van der Waals surface area contributed by atoms with Crippen molar-refractivity contribution in [2.75, 3.05) is 26.4 Å². The van der Waals surface area contributed by atoms with Crippen molar-refractivity contribution in [3.05, 3.63) is 48.6 Å². The van der Waals surface area contributed by atoms with Crippen LogP contribution in [0.1, 0.15) is 354 Å². The Kier molecular flexibility index (Phi) is 64.4. The summed E-state index contributed by atoms with van der Waals surface area (Å²) < 4.78 is 33.2. The van der Waals surface area contributed by atoms with Gasteiger partial charge in [-0.3, -0.25) is 18.6 Å². The van der Waals surface area contributed by atoms with Crippen molar-refractivity contribution in [3.63, 3.8) is 0 Å². The fraction of sp³-hybridized carbons (Fsp3) is 0.857. The van der Waals surface area contributed by atoms with Crippen molar-refractivity contribution < 1.29 is 37.6 Å². The van der Waals surface area contributed by atoms with Crippen LogP contribution in [-0.4, -0.2) is 49.3 Å². The second-order valence-corrected chi connectivity index (χ2v) is 24.8. The van der Waals surface area contributed by atoms with Crippen LogP contribution < -0.4 is 5.73 Å². The van der Waals surface area contributed by atoms with Crippen molar-refractivity contribution in [1.82, 2.24) is 0 Å². The van der Waals surface area contributed by atoms with Crippen LogP contribution >= 0.6 is 7.82 Å². The molecule has 0 saturated heterocycles. The van der Waals surface area contributed by atoms with Gasteiger partial charge in [0.2, 0.25) is 0 Å². The van der Waals surface area contributed by atoms with Gasteiger partial charge < -0.3 is 20.1 Å². The van der Waals surface area contributed by atoms with E-state index < -0.39 is 26.5 Å². The summed E-state index contributed by atoms with van der Waals surface area (Å²) in [5.74, 6) is -0.808. The summed E-state index contributed by atoms with van der Waals surface area (Å²) in [4.78, 5) is 35.3. The molecule has 0 amide bonds. The van der Waals surface area contributed by atoms with Crippen LogP contribution in [0.25, 0.3) is 0 Å². The van der Waals surface area contributed by atoms with E-state index in [1.54, 1.807) is 0 Å².